The van der Waals surface area contributed by atoms with E-state index in [2.05, 4.69) is 248 Å². The summed E-state index contributed by atoms with van der Waals surface area (Å²) in [6.07, 6.45) is 0. The second kappa shape index (κ2) is 15.6. The zero-order chi connectivity index (χ0) is 47.4. The van der Waals surface area contributed by atoms with Crippen LogP contribution in [0.15, 0.2) is 249 Å². The van der Waals surface area contributed by atoms with Crippen molar-refractivity contribution in [3.05, 3.63) is 288 Å². The van der Waals surface area contributed by atoms with Crippen LogP contribution in [-0.4, -0.2) is 4.57 Å². The predicted octanol–water partition coefficient (Wildman–Crippen LogP) is 17.9. The maximum Gasteiger partial charge on any atom is 0.123 e. The molecule has 0 spiro atoms. The van der Waals surface area contributed by atoms with Crippen molar-refractivity contribution in [1.82, 2.24) is 4.57 Å². The molecule has 0 fully saturated rings. The molecule has 0 atom stereocenters. The van der Waals surface area contributed by atoms with Crippen molar-refractivity contribution >= 4 is 49.6 Å². The number of hydrogen-bond acceptors (Lipinski definition) is 1. The highest BCUT2D eigenvalue weighted by atomic mass is 19.1. The zero-order valence-electron chi connectivity index (χ0n) is 39.4. The standard InChI is InChI=1S/C68H47FN2/c1-67(2)62-41-47(26-35-56(62)57-36-33-53(42-63(57)67)70(51-31-28-50(69)29-32-51)52-30-25-44-15-9-10-16-45(44)39-52)46-27-38-66-60(40-46)59-22-12-14-24-65(59)71(66)54-34-37-58-55-21-11-13-23-61(55)68(64(58)43-54,48-17-5-3-6-18-48)49-19-7-4-8-20-49/h3-43H,1-2H3. The number of hydrogen-bond donors (Lipinski definition) is 0. The van der Waals surface area contributed by atoms with E-state index in [0.717, 1.165) is 28.1 Å². The number of aromatic nitrogens is 1. The molecule has 0 saturated carbocycles. The number of para-hydroxylation sites is 1. The van der Waals surface area contributed by atoms with E-state index in [1.807, 2.05) is 12.1 Å². The van der Waals surface area contributed by atoms with E-state index in [-0.39, 0.29) is 11.2 Å². The molecule has 0 bridgehead atoms. The normalized spacial score (nSPS) is 13.8. The number of anilines is 3. The summed E-state index contributed by atoms with van der Waals surface area (Å²) in [5, 5.41) is 4.79. The smallest absolute Gasteiger partial charge is 0.123 e. The molecule has 2 nitrogen and oxygen atoms in total. The van der Waals surface area contributed by atoms with Crippen LogP contribution in [0.1, 0.15) is 47.2 Å². The molecule has 0 unspecified atom stereocenters. The minimum Gasteiger partial charge on any atom is -0.310 e. The van der Waals surface area contributed by atoms with E-state index < -0.39 is 5.41 Å². The minimum absolute atomic E-state index is 0.251. The fourth-order valence-corrected chi connectivity index (χ4v) is 12.4. The van der Waals surface area contributed by atoms with Crippen LogP contribution in [0, 0.1) is 5.82 Å². The van der Waals surface area contributed by atoms with E-state index in [0.29, 0.717) is 0 Å². The van der Waals surface area contributed by atoms with Crippen LogP contribution in [0.2, 0.25) is 0 Å². The van der Waals surface area contributed by atoms with Crippen LogP contribution in [0.3, 0.4) is 0 Å². The molecule has 71 heavy (non-hydrogen) atoms. The van der Waals surface area contributed by atoms with Crippen LogP contribution in [0.4, 0.5) is 21.5 Å². The van der Waals surface area contributed by atoms with Crippen molar-refractivity contribution in [1.29, 1.82) is 0 Å². The highest BCUT2D eigenvalue weighted by Gasteiger charge is 2.46. The first-order valence-electron chi connectivity index (χ1n) is 24.6. The summed E-state index contributed by atoms with van der Waals surface area (Å²) in [6.45, 7) is 4.69. The Morgan fingerprint density at radius 2 is 0.915 bits per heavy atom. The van der Waals surface area contributed by atoms with Gasteiger partial charge in [0.15, 0.2) is 0 Å². The van der Waals surface area contributed by atoms with Gasteiger partial charge in [0.05, 0.1) is 16.4 Å². The second-order valence-corrected chi connectivity index (χ2v) is 19.8. The SMILES string of the molecule is CC1(C)c2cc(-c3ccc4c(c3)c3ccccc3n4-c3ccc4c(c3)C(c3ccccc3)(c3ccccc3)c3ccccc3-4)ccc2-c2ccc(N(c3ccc(F)cc3)c3ccc4ccccc4c3)cc21. The van der Waals surface area contributed by atoms with Gasteiger partial charge in [0.2, 0.25) is 0 Å². The minimum atomic E-state index is -0.488. The number of rotatable bonds is 7. The molecule has 2 aliphatic carbocycles. The lowest BCUT2D eigenvalue weighted by molar-refractivity contribution is 0.628. The molecule has 12 aromatic rings. The molecule has 336 valence electrons. The van der Waals surface area contributed by atoms with Crippen molar-refractivity contribution < 1.29 is 4.39 Å². The van der Waals surface area contributed by atoms with Gasteiger partial charge >= 0.3 is 0 Å². The third-order valence-electron chi connectivity index (χ3n) is 15.7. The average Bonchev–Trinajstić information content (AvgIpc) is 4.00. The maximum absolute atomic E-state index is 14.4. The largest absolute Gasteiger partial charge is 0.310 e. The fraction of sp³-hybridized carbons (Fsp3) is 0.0588. The summed E-state index contributed by atoms with van der Waals surface area (Å²) in [7, 11) is 0. The molecule has 14 rings (SSSR count). The Morgan fingerprint density at radius 1 is 0.366 bits per heavy atom. The molecule has 0 amide bonds. The Labute approximate surface area is 413 Å². The van der Waals surface area contributed by atoms with E-state index in [9.17, 15) is 4.39 Å². The van der Waals surface area contributed by atoms with Gasteiger partial charge in [0, 0.05) is 38.9 Å². The lowest BCUT2D eigenvalue weighted by Gasteiger charge is -2.34. The molecule has 2 aliphatic rings. The Kier molecular flexibility index (Phi) is 9.06. The molecule has 0 saturated heterocycles. The summed E-state index contributed by atoms with van der Waals surface area (Å²) in [4.78, 5) is 2.24. The molecule has 0 N–H and O–H groups in total. The molecule has 1 aromatic heterocycles. The van der Waals surface area contributed by atoms with Gasteiger partial charge in [-0.25, -0.2) is 4.39 Å². The highest BCUT2D eigenvalue weighted by molar-refractivity contribution is 6.10. The van der Waals surface area contributed by atoms with Crippen molar-refractivity contribution in [3.8, 4) is 39.1 Å². The molecule has 3 heteroatoms. The molecule has 0 aliphatic heterocycles. The summed E-state index contributed by atoms with van der Waals surface area (Å²) >= 11 is 0. The summed E-state index contributed by atoms with van der Waals surface area (Å²) in [5.41, 5.74) is 20.8. The highest BCUT2D eigenvalue weighted by Crippen LogP contribution is 2.57. The fourth-order valence-electron chi connectivity index (χ4n) is 12.4. The number of benzene rings is 11. The average molecular weight is 911 g/mol. The van der Waals surface area contributed by atoms with Crippen molar-refractivity contribution in [3.63, 3.8) is 0 Å². The van der Waals surface area contributed by atoms with Crippen LogP contribution >= 0.6 is 0 Å². The van der Waals surface area contributed by atoms with Gasteiger partial charge in [-0.1, -0.05) is 178 Å². The number of halogens is 1. The van der Waals surface area contributed by atoms with Gasteiger partial charge in [-0.3, -0.25) is 0 Å². The van der Waals surface area contributed by atoms with E-state index in [1.54, 1.807) is 12.1 Å². The van der Waals surface area contributed by atoms with Gasteiger partial charge in [-0.2, -0.15) is 0 Å². The molecule has 0 radical (unpaired) electrons. The van der Waals surface area contributed by atoms with Crippen LogP contribution in [-0.2, 0) is 10.8 Å². The Bertz CT molecular complexity index is 4050. The Morgan fingerprint density at radius 3 is 1.70 bits per heavy atom. The first-order chi connectivity index (χ1) is 34.9. The summed E-state index contributed by atoms with van der Waals surface area (Å²) in [6, 6.07) is 89.7. The topological polar surface area (TPSA) is 8.17 Å². The van der Waals surface area contributed by atoms with Gasteiger partial charge < -0.3 is 9.47 Å². The van der Waals surface area contributed by atoms with Gasteiger partial charge in [0.1, 0.15) is 5.82 Å². The van der Waals surface area contributed by atoms with Crippen LogP contribution in [0.5, 0.6) is 0 Å². The van der Waals surface area contributed by atoms with Crippen LogP contribution < -0.4 is 4.90 Å². The second-order valence-electron chi connectivity index (χ2n) is 19.8. The third kappa shape index (κ3) is 6.12. The number of nitrogens with zero attached hydrogens (tertiary/aromatic N) is 2. The summed E-state index contributed by atoms with van der Waals surface area (Å²) in [5.74, 6) is -0.251. The molecular weight excluding hydrogens is 864 g/mol. The van der Waals surface area contributed by atoms with Gasteiger partial charge in [-0.15, -0.1) is 0 Å². The Hall–Kier alpha value is -8.79. The van der Waals surface area contributed by atoms with Crippen molar-refractivity contribution in [2.75, 3.05) is 4.90 Å². The Balaban J connectivity index is 0.872. The predicted molar refractivity (Wildman–Crippen MR) is 293 cm³/mol. The molecule has 11 aromatic carbocycles. The van der Waals surface area contributed by atoms with Crippen molar-refractivity contribution in [2.24, 2.45) is 0 Å². The first kappa shape index (κ1) is 41.2. The molecule has 1 heterocycles. The van der Waals surface area contributed by atoms with E-state index in [1.165, 1.54) is 94.0 Å². The first-order valence-corrected chi connectivity index (χ1v) is 24.6. The monoisotopic (exact) mass is 910 g/mol. The third-order valence-corrected chi connectivity index (χ3v) is 15.7. The number of fused-ring (bicyclic) bond motifs is 10. The summed E-state index contributed by atoms with van der Waals surface area (Å²) < 4.78 is 16.8. The lowest BCUT2D eigenvalue weighted by Crippen LogP contribution is -2.28. The quantitative estimate of drug-likeness (QED) is 0.155. The maximum atomic E-state index is 14.4. The van der Waals surface area contributed by atoms with Crippen molar-refractivity contribution in [2.45, 2.75) is 24.7 Å². The van der Waals surface area contributed by atoms with Gasteiger partial charge in [-0.05, 0) is 162 Å². The van der Waals surface area contributed by atoms with E-state index in [4.69, 9.17) is 0 Å². The van der Waals surface area contributed by atoms with E-state index >= 15 is 0 Å². The lowest BCUT2D eigenvalue weighted by atomic mass is 9.67. The molecular formula is C68H47FN2. The van der Waals surface area contributed by atoms with Crippen LogP contribution in [0.25, 0.3) is 71.6 Å². The van der Waals surface area contributed by atoms with Gasteiger partial charge in [0.25, 0.3) is 0 Å². The zero-order valence-corrected chi connectivity index (χ0v) is 39.4.